The van der Waals surface area contributed by atoms with Gasteiger partial charge < -0.3 is 10.1 Å². The van der Waals surface area contributed by atoms with Gasteiger partial charge in [0.05, 0.1) is 0 Å². The first-order valence-electron chi connectivity index (χ1n) is 8.28. The largest absolute Gasteiger partial charge is 0.457 e. The van der Waals surface area contributed by atoms with Crippen molar-refractivity contribution in [2.75, 3.05) is 0 Å². The molecule has 0 spiro atoms. The van der Waals surface area contributed by atoms with Gasteiger partial charge in [-0.3, -0.25) is 4.79 Å². The third-order valence-corrected chi connectivity index (χ3v) is 3.81. The first kappa shape index (κ1) is 17.1. The highest BCUT2D eigenvalue weighted by Gasteiger charge is 2.11. The van der Waals surface area contributed by atoms with Gasteiger partial charge in [0.25, 0.3) is 0 Å². The van der Waals surface area contributed by atoms with Gasteiger partial charge in [0, 0.05) is 12.5 Å². The fourth-order valence-corrected chi connectivity index (χ4v) is 2.30. The van der Waals surface area contributed by atoms with E-state index in [1.54, 1.807) is 0 Å². The van der Waals surface area contributed by atoms with E-state index < -0.39 is 0 Å². The maximum absolute atomic E-state index is 12.0. The second-order valence-electron chi connectivity index (χ2n) is 5.82. The summed E-state index contributed by atoms with van der Waals surface area (Å²) in [5.41, 5.74) is 1.07. The number of hydrogen-bond donors (Lipinski definition) is 1. The van der Waals surface area contributed by atoms with Gasteiger partial charge in [0.1, 0.15) is 11.5 Å². The maximum atomic E-state index is 12.0. The van der Waals surface area contributed by atoms with Crippen LogP contribution in [0.25, 0.3) is 0 Å². The van der Waals surface area contributed by atoms with Gasteiger partial charge in [-0.2, -0.15) is 0 Å². The quantitative estimate of drug-likeness (QED) is 0.751. The molecule has 0 aliphatic rings. The summed E-state index contributed by atoms with van der Waals surface area (Å²) in [7, 11) is 0. The lowest BCUT2D eigenvalue weighted by atomic mass is 10.0. The van der Waals surface area contributed by atoms with Crippen LogP contribution in [0.15, 0.2) is 54.6 Å². The lowest BCUT2D eigenvalue weighted by Crippen LogP contribution is -2.28. The Morgan fingerprint density at radius 1 is 1.04 bits per heavy atom. The average molecular weight is 311 g/mol. The second kappa shape index (κ2) is 8.99. The molecule has 0 saturated carbocycles. The predicted octanol–water partition coefficient (Wildman–Crippen LogP) is 4.92. The SMILES string of the molecule is CCCCC(C)C(=O)NCc1ccc(Oc2ccccc2)cc1. The van der Waals surface area contributed by atoms with E-state index in [4.69, 9.17) is 4.74 Å². The maximum Gasteiger partial charge on any atom is 0.223 e. The Bertz CT molecular complexity index is 593. The van der Waals surface area contributed by atoms with E-state index in [0.29, 0.717) is 6.54 Å². The van der Waals surface area contributed by atoms with Crippen LogP contribution in [0.5, 0.6) is 11.5 Å². The molecule has 0 fully saturated rings. The number of hydrogen-bond acceptors (Lipinski definition) is 2. The molecule has 0 aromatic heterocycles. The van der Waals surface area contributed by atoms with Gasteiger partial charge in [0.2, 0.25) is 5.91 Å². The summed E-state index contributed by atoms with van der Waals surface area (Å²) in [6.07, 6.45) is 3.17. The van der Waals surface area contributed by atoms with Crippen molar-refractivity contribution >= 4 is 5.91 Å². The lowest BCUT2D eigenvalue weighted by molar-refractivity contribution is -0.124. The number of carbonyl (C=O) groups is 1. The normalized spacial score (nSPS) is 11.7. The molecule has 0 aliphatic heterocycles. The van der Waals surface area contributed by atoms with E-state index in [2.05, 4.69) is 12.2 Å². The number of ether oxygens (including phenoxy) is 1. The van der Waals surface area contributed by atoms with Crippen molar-refractivity contribution in [1.82, 2.24) is 5.32 Å². The monoisotopic (exact) mass is 311 g/mol. The molecule has 23 heavy (non-hydrogen) atoms. The Labute approximate surface area is 138 Å². The number of benzene rings is 2. The fraction of sp³-hybridized carbons (Fsp3) is 0.350. The fourth-order valence-electron chi connectivity index (χ4n) is 2.30. The molecule has 3 nitrogen and oxygen atoms in total. The minimum Gasteiger partial charge on any atom is -0.457 e. The van der Waals surface area contributed by atoms with Crippen molar-refractivity contribution in [3.63, 3.8) is 0 Å². The summed E-state index contributed by atoms with van der Waals surface area (Å²) in [6, 6.07) is 17.5. The zero-order valence-corrected chi connectivity index (χ0v) is 13.9. The molecule has 1 unspecified atom stereocenters. The van der Waals surface area contributed by atoms with Crippen LogP contribution < -0.4 is 10.1 Å². The average Bonchev–Trinajstić information content (AvgIpc) is 2.59. The number of amides is 1. The van der Waals surface area contributed by atoms with Gasteiger partial charge in [-0.15, -0.1) is 0 Å². The molecule has 1 amide bonds. The molecule has 2 aromatic rings. The van der Waals surface area contributed by atoms with Crippen LogP contribution in [-0.2, 0) is 11.3 Å². The predicted molar refractivity (Wildman–Crippen MR) is 93.5 cm³/mol. The van der Waals surface area contributed by atoms with E-state index in [1.165, 1.54) is 0 Å². The highest BCUT2D eigenvalue weighted by atomic mass is 16.5. The van der Waals surface area contributed by atoms with E-state index in [-0.39, 0.29) is 11.8 Å². The Kier molecular flexibility index (Phi) is 6.67. The molecule has 1 N–H and O–H groups in total. The van der Waals surface area contributed by atoms with E-state index in [1.807, 2.05) is 61.5 Å². The summed E-state index contributed by atoms with van der Waals surface area (Å²) in [4.78, 5) is 12.0. The Morgan fingerprint density at radius 2 is 1.70 bits per heavy atom. The molecule has 2 rings (SSSR count). The zero-order valence-electron chi connectivity index (χ0n) is 13.9. The molecule has 2 aromatic carbocycles. The van der Waals surface area contributed by atoms with Gasteiger partial charge in [-0.1, -0.05) is 57.0 Å². The van der Waals surface area contributed by atoms with Crippen LogP contribution in [0.2, 0.25) is 0 Å². The third-order valence-electron chi connectivity index (χ3n) is 3.81. The van der Waals surface area contributed by atoms with E-state index in [9.17, 15) is 4.79 Å². The second-order valence-corrected chi connectivity index (χ2v) is 5.82. The minimum absolute atomic E-state index is 0.0793. The highest BCUT2D eigenvalue weighted by molar-refractivity contribution is 5.78. The summed E-state index contributed by atoms with van der Waals surface area (Å²) in [5, 5.41) is 3.00. The van der Waals surface area contributed by atoms with Gasteiger partial charge in [-0.05, 0) is 36.2 Å². The number of unbranched alkanes of at least 4 members (excludes halogenated alkanes) is 1. The van der Waals surface area contributed by atoms with Crippen molar-refractivity contribution < 1.29 is 9.53 Å². The Balaban J connectivity index is 1.82. The molecule has 0 radical (unpaired) electrons. The first-order chi connectivity index (χ1) is 11.2. The van der Waals surface area contributed by atoms with Crippen molar-refractivity contribution in [2.24, 2.45) is 5.92 Å². The summed E-state index contributed by atoms with van der Waals surface area (Å²) in [6.45, 7) is 4.69. The molecule has 122 valence electrons. The number of carbonyl (C=O) groups excluding carboxylic acids is 1. The minimum atomic E-state index is 0.0793. The van der Waals surface area contributed by atoms with Gasteiger partial charge in [0.15, 0.2) is 0 Å². The Morgan fingerprint density at radius 3 is 2.35 bits per heavy atom. The van der Waals surface area contributed by atoms with Gasteiger partial charge in [-0.25, -0.2) is 0 Å². The Hall–Kier alpha value is -2.29. The molecule has 0 heterocycles. The molecule has 1 atom stereocenters. The molecule has 3 heteroatoms. The molecule has 0 aliphatic carbocycles. The molecular weight excluding hydrogens is 286 g/mol. The van der Waals surface area contributed by atoms with E-state index in [0.717, 1.165) is 36.3 Å². The van der Waals surface area contributed by atoms with Crippen LogP contribution >= 0.6 is 0 Å². The van der Waals surface area contributed by atoms with Gasteiger partial charge >= 0.3 is 0 Å². The zero-order chi connectivity index (χ0) is 16.5. The van der Waals surface area contributed by atoms with Crippen molar-refractivity contribution in [3.8, 4) is 11.5 Å². The van der Waals surface area contributed by atoms with Crippen molar-refractivity contribution in [2.45, 2.75) is 39.7 Å². The van der Waals surface area contributed by atoms with Crippen LogP contribution in [0.1, 0.15) is 38.7 Å². The van der Waals surface area contributed by atoms with Crippen molar-refractivity contribution in [1.29, 1.82) is 0 Å². The first-order valence-corrected chi connectivity index (χ1v) is 8.28. The molecular formula is C20H25NO2. The summed E-state index contributed by atoms with van der Waals surface area (Å²) < 4.78 is 5.75. The van der Waals surface area contributed by atoms with Crippen LogP contribution in [0, 0.1) is 5.92 Å². The smallest absolute Gasteiger partial charge is 0.223 e. The number of nitrogens with one attached hydrogen (secondary N) is 1. The highest BCUT2D eigenvalue weighted by Crippen LogP contribution is 2.21. The van der Waals surface area contributed by atoms with Crippen LogP contribution in [-0.4, -0.2) is 5.91 Å². The lowest BCUT2D eigenvalue weighted by Gasteiger charge is -2.12. The van der Waals surface area contributed by atoms with Crippen molar-refractivity contribution in [3.05, 3.63) is 60.2 Å². The molecule has 0 saturated heterocycles. The standard InChI is InChI=1S/C20H25NO2/c1-3-4-8-16(2)20(22)21-15-17-11-13-19(14-12-17)23-18-9-6-5-7-10-18/h5-7,9-14,16H,3-4,8,15H2,1-2H3,(H,21,22). The number of para-hydroxylation sites is 1. The third kappa shape index (κ3) is 5.78. The number of rotatable bonds is 8. The topological polar surface area (TPSA) is 38.3 Å². The molecule has 0 bridgehead atoms. The summed E-state index contributed by atoms with van der Waals surface area (Å²) >= 11 is 0. The van der Waals surface area contributed by atoms with Crippen LogP contribution in [0.4, 0.5) is 0 Å². The van der Waals surface area contributed by atoms with E-state index >= 15 is 0 Å². The summed E-state index contributed by atoms with van der Waals surface area (Å²) in [5.74, 6) is 1.82. The van der Waals surface area contributed by atoms with Crippen LogP contribution in [0.3, 0.4) is 0 Å².